The van der Waals surface area contributed by atoms with Gasteiger partial charge in [-0.2, -0.15) is 0 Å². The smallest absolute Gasteiger partial charge is 0.191 e. The van der Waals surface area contributed by atoms with E-state index in [9.17, 15) is 5.11 Å². The number of aliphatic hydroxyl groups is 1. The molecule has 0 amide bonds. The molecular formula is C16H21N3O2S. The average Bonchev–Trinajstić information content (AvgIpc) is 3.26. The first-order valence-electron chi connectivity index (χ1n) is 7.57. The molecule has 22 heavy (non-hydrogen) atoms. The molecule has 0 bridgehead atoms. The Morgan fingerprint density at radius 3 is 2.64 bits per heavy atom. The number of thioether (sulfide) groups is 1. The largest absolute Gasteiger partial charge is 0.492 e. The van der Waals surface area contributed by atoms with E-state index in [2.05, 4.69) is 40.7 Å². The summed E-state index contributed by atoms with van der Waals surface area (Å²) in [6, 6.07) is 6.64. The number of rotatable bonds is 7. The van der Waals surface area contributed by atoms with Crippen LogP contribution in [0.3, 0.4) is 0 Å². The number of benzene rings is 1. The molecule has 118 valence electrons. The standard InChI is InChI=1S/C16H21N3O2S/c1-11-4-3-5-12(2)15(11)21-8-9-22-16-18-17-14(10-20)19(16)13-6-7-13/h3-5,13,20H,6-10H2,1-2H3. The van der Waals surface area contributed by atoms with Gasteiger partial charge < -0.3 is 14.4 Å². The quantitative estimate of drug-likeness (QED) is 0.628. The van der Waals surface area contributed by atoms with Crippen LogP contribution in [-0.2, 0) is 6.61 Å². The van der Waals surface area contributed by atoms with Crippen molar-refractivity contribution in [2.75, 3.05) is 12.4 Å². The summed E-state index contributed by atoms with van der Waals surface area (Å²) in [5.41, 5.74) is 2.32. The van der Waals surface area contributed by atoms with Gasteiger partial charge in [0.05, 0.1) is 6.61 Å². The maximum absolute atomic E-state index is 9.33. The highest BCUT2D eigenvalue weighted by molar-refractivity contribution is 7.99. The normalized spacial score (nSPS) is 14.3. The Hall–Kier alpha value is -1.53. The van der Waals surface area contributed by atoms with E-state index in [-0.39, 0.29) is 6.61 Å². The zero-order valence-electron chi connectivity index (χ0n) is 13.0. The van der Waals surface area contributed by atoms with Gasteiger partial charge >= 0.3 is 0 Å². The minimum atomic E-state index is -0.0526. The first-order valence-corrected chi connectivity index (χ1v) is 8.55. The van der Waals surface area contributed by atoms with Crippen molar-refractivity contribution in [2.24, 2.45) is 0 Å². The molecule has 3 rings (SSSR count). The third-order valence-electron chi connectivity index (χ3n) is 3.76. The Kier molecular flexibility index (Phi) is 4.69. The summed E-state index contributed by atoms with van der Waals surface area (Å²) >= 11 is 1.64. The topological polar surface area (TPSA) is 60.2 Å². The molecule has 1 heterocycles. The number of hydrogen-bond donors (Lipinski definition) is 1. The van der Waals surface area contributed by atoms with Gasteiger partial charge in [-0.15, -0.1) is 10.2 Å². The van der Waals surface area contributed by atoms with Crippen molar-refractivity contribution in [1.82, 2.24) is 14.8 Å². The second-order valence-electron chi connectivity index (χ2n) is 5.58. The van der Waals surface area contributed by atoms with Gasteiger partial charge in [-0.25, -0.2) is 0 Å². The van der Waals surface area contributed by atoms with Crippen LogP contribution < -0.4 is 4.74 Å². The molecule has 1 fully saturated rings. The monoisotopic (exact) mass is 319 g/mol. The number of aliphatic hydroxyl groups excluding tert-OH is 1. The molecule has 0 spiro atoms. The lowest BCUT2D eigenvalue weighted by Gasteiger charge is -2.12. The SMILES string of the molecule is Cc1cccc(C)c1OCCSc1nnc(CO)n1C1CC1. The second kappa shape index (κ2) is 6.71. The van der Waals surface area contributed by atoms with Crippen LogP contribution in [0.2, 0.25) is 0 Å². The first-order chi connectivity index (χ1) is 10.7. The Bertz CT molecular complexity index is 633. The molecule has 0 saturated heterocycles. The molecule has 2 aromatic rings. The average molecular weight is 319 g/mol. The van der Waals surface area contributed by atoms with Gasteiger partial charge in [0.2, 0.25) is 0 Å². The molecule has 1 aromatic carbocycles. The van der Waals surface area contributed by atoms with Crippen molar-refractivity contribution >= 4 is 11.8 Å². The fourth-order valence-electron chi connectivity index (χ4n) is 2.52. The van der Waals surface area contributed by atoms with E-state index in [0.717, 1.165) is 40.6 Å². The predicted molar refractivity (Wildman–Crippen MR) is 86.4 cm³/mol. The fraction of sp³-hybridized carbons (Fsp3) is 0.500. The van der Waals surface area contributed by atoms with Gasteiger partial charge in [-0.3, -0.25) is 0 Å². The lowest BCUT2D eigenvalue weighted by molar-refractivity contribution is 0.263. The van der Waals surface area contributed by atoms with Gasteiger partial charge in [0.25, 0.3) is 0 Å². The number of nitrogens with zero attached hydrogens (tertiary/aromatic N) is 3. The van der Waals surface area contributed by atoms with Crippen molar-refractivity contribution in [2.45, 2.75) is 44.5 Å². The summed E-state index contributed by atoms with van der Waals surface area (Å²) in [6.45, 7) is 4.70. The highest BCUT2D eigenvalue weighted by Gasteiger charge is 2.29. The number of aromatic nitrogens is 3. The minimum Gasteiger partial charge on any atom is -0.492 e. The van der Waals surface area contributed by atoms with Crippen LogP contribution in [0, 0.1) is 13.8 Å². The second-order valence-corrected chi connectivity index (χ2v) is 6.64. The molecule has 1 N–H and O–H groups in total. The van der Waals surface area contributed by atoms with E-state index < -0.39 is 0 Å². The fourth-order valence-corrected chi connectivity index (χ4v) is 3.36. The van der Waals surface area contributed by atoms with Gasteiger partial charge in [0, 0.05) is 11.8 Å². The van der Waals surface area contributed by atoms with Gasteiger partial charge in [-0.1, -0.05) is 30.0 Å². The van der Waals surface area contributed by atoms with E-state index in [0.29, 0.717) is 18.5 Å². The zero-order chi connectivity index (χ0) is 15.5. The number of para-hydroxylation sites is 1. The van der Waals surface area contributed by atoms with E-state index >= 15 is 0 Å². The Labute approximate surface area is 134 Å². The lowest BCUT2D eigenvalue weighted by atomic mass is 10.1. The van der Waals surface area contributed by atoms with Crippen molar-refractivity contribution in [1.29, 1.82) is 0 Å². The zero-order valence-corrected chi connectivity index (χ0v) is 13.8. The maximum atomic E-state index is 9.33. The number of ether oxygens (including phenoxy) is 1. The Morgan fingerprint density at radius 2 is 2.00 bits per heavy atom. The highest BCUT2D eigenvalue weighted by Crippen LogP contribution is 2.38. The van der Waals surface area contributed by atoms with E-state index in [1.807, 2.05) is 6.07 Å². The van der Waals surface area contributed by atoms with Crippen LogP contribution in [0.1, 0.15) is 35.8 Å². The van der Waals surface area contributed by atoms with E-state index in [4.69, 9.17) is 4.74 Å². The summed E-state index contributed by atoms with van der Waals surface area (Å²) < 4.78 is 7.98. The van der Waals surface area contributed by atoms with E-state index in [1.54, 1.807) is 11.8 Å². The first kappa shape index (κ1) is 15.4. The van der Waals surface area contributed by atoms with Crippen molar-refractivity contribution in [3.05, 3.63) is 35.2 Å². The van der Waals surface area contributed by atoms with Gasteiger partial charge in [-0.05, 0) is 37.8 Å². The summed E-state index contributed by atoms with van der Waals surface area (Å²) in [7, 11) is 0. The summed E-state index contributed by atoms with van der Waals surface area (Å²) in [5, 5.41) is 18.5. The molecule has 1 saturated carbocycles. The van der Waals surface area contributed by atoms with Gasteiger partial charge in [0.1, 0.15) is 12.4 Å². The molecule has 0 atom stereocenters. The minimum absolute atomic E-state index is 0.0526. The van der Waals surface area contributed by atoms with Crippen LogP contribution in [0.15, 0.2) is 23.4 Å². The molecule has 0 radical (unpaired) electrons. The van der Waals surface area contributed by atoms with Crippen LogP contribution in [-0.4, -0.2) is 32.2 Å². The number of aryl methyl sites for hydroxylation is 2. The van der Waals surface area contributed by atoms with Crippen molar-refractivity contribution in [3.63, 3.8) is 0 Å². The van der Waals surface area contributed by atoms with Crippen LogP contribution in [0.25, 0.3) is 0 Å². The Balaban J connectivity index is 1.57. The van der Waals surface area contributed by atoms with Crippen molar-refractivity contribution in [3.8, 4) is 5.75 Å². The molecule has 0 aliphatic heterocycles. The Morgan fingerprint density at radius 1 is 1.27 bits per heavy atom. The molecule has 6 heteroatoms. The molecule has 1 aliphatic rings. The summed E-state index contributed by atoms with van der Waals surface area (Å²) in [4.78, 5) is 0. The third-order valence-corrected chi connectivity index (χ3v) is 4.67. The number of hydrogen-bond acceptors (Lipinski definition) is 5. The highest BCUT2D eigenvalue weighted by atomic mass is 32.2. The van der Waals surface area contributed by atoms with E-state index in [1.165, 1.54) is 0 Å². The van der Waals surface area contributed by atoms with Crippen molar-refractivity contribution < 1.29 is 9.84 Å². The molecule has 1 aromatic heterocycles. The van der Waals surface area contributed by atoms with Crippen LogP contribution in [0.5, 0.6) is 5.75 Å². The molecular weight excluding hydrogens is 298 g/mol. The van der Waals surface area contributed by atoms with Gasteiger partial charge in [0.15, 0.2) is 11.0 Å². The third kappa shape index (κ3) is 3.28. The molecule has 1 aliphatic carbocycles. The summed E-state index contributed by atoms with van der Waals surface area (Å²) in [5.74, 6) is 2.45. The maximum Gasteiger partial charge on any atom is 0.191 e. The molecule has 5 nitrogen and oxygen atoms in total. The lowest BCUT2D eigenvalue weighted by Crippen LogP contribution is -2.06. The van der Waals surface area contributed by atoms with Crippen LogP contribution in [0.4, 0.5) is 0 Å². The summed E-state index contributed by atoms with van der Waals surface area (Å²) in [6.07, 6.45) is 2.30. The van der Waals surface area contributed by atoms with Crippen LogP contribution >= 0.6 is 11.8 Å². The molecule has 0 unspecified atom stereocenters. The predicted octanol–water partition coefficient (Wildman–Crippen LogP) is 2.89.